The van der Waals surface area contributed by atoms with E-state index >= 15 is 0 Å². The molecule has 0 radical (unpaired) electrons. The number of hydrogen-bond donors (Lipinski definition) is 1. The maximum atomic E-state index is 12.1. The number of fused-ring (bicyclic) bond motifs is 1. The Bertz CT molecular complexity index is 1010. The Labute approximate surface area is 165 Å². The summed E-state index contributed by atoms with van der Waals surface area (Å²) in [4.78, 5) is 28.4. The van der Waals surface area contributed by atoms with Crippen LogP contribution in [0.2, 0.25) is 0 Å². The van der Waals surface area contributed by atoms with Crippen molar-refractivity contribution >= 4 is 39.1 Å². The van der Waals surface area contributed by atoms with Crippen LogP contribution in [0.15, 0.2) is 48.5 Å². The number of carbonyl (C=O) groups excluding carboxylic acids is 2. The third-order valence-electron chi connectivity index (χ3n) is 3.72. The zero-order valence-electron chi connectivity index (χ0n) is 15.0. The van der Waals surface area contributed by atoms with Gasteiger partial charge in [0.25, 0.3) is 5.91 Å². The molecule has 0 aliphatic rings. The van der Waals surface area contributed by atoms with Gasteiger partial charge in [0.05, 0.1) is 28.5 Å². The van der Waals surface area contributed by atoms with Crippen LogP contribution in [0.25, 0.3) is 10.2 Å². The molecule has 142 valence electrons. The minimum Gasteiger partial charge on any atom is -0.451 e. The van der Waals surface area contributed by atoms with Gasteiger partial charge in [0.2, 0.25) is 0 Å². The summed E-state index contributed by atoms with van der Waals surface area (Å²) in [6, 6.07) is 16.2. The Morgan fingerprint density at radius 2 is 2.07 bits per heavy atom. The average molecular weight is 395 g/mol. The molecular formula is C20H17N3O4S. The number of hydrogen-bond acceptors (Lipinski definition) is 7. The molecule has 7 nitrogen and oxygen atoms in total. The number of amides is 1. The number of thiazole rings is 1. The average Bonchev–Trinajstić information content (AvgIpc) is 3.10. The van der Waals surface area contributed by atoms with Gasteiger partial charge in [-0.1, -0.05) is 18.2 Å². The second-order valence-electron chi connectivity index (χ2n) is 5.88. The number of para-hydroxylation sites is 1. The molecule has 0 bridgehead atoms. The van der Waals surface area contributed by atoms with E-state index in [4.69, 9.17) is 14.7 Å². The van der Waals surface area contributed by atoms with Crippen molar-refractivity contribution in [3.63, 3.8) is 0 Å². The molecule has 0 aliphatic heterocycles. The van der Waals surface area contributed by atoms with Crippen LogP contribution in [0, 0.1) is 11.3 Å². The molecule has 1 atom stereocenters. The fourth-order valence-electron chi connectivity index (χ4n) is 2.40. The highest BCUT2D eigenvalue weighted by molar-refractivity contribution is 7.18. The third-order valence-corrected chi connectivity index (χ3v) is 4.73. The first-order valence-corrected chi connectivity index (χ1v) is 9.29. The summed E-state index contributed by atoms with van der Waals surface area (Å²) in [5.74, 6) is -1.14. The zero-order valence-corrected chi connectivity index (χ0v) is 15.9. The van der Waals surface area contributed by atoms with Gasteiger partial charge in [0.1, 0.15) is 11.6 Å². The molecule has 8 heteroatoms. The molecule has 1 amide bonds. The smallest absolute Gasteiger partial charge is 0.332 e. The molecule has 3 rings (SSSR count). The number of benzene rings is 2. The highest BCUT2D eigenvalue weighted by Gasteiger charge is 2.18. The van der Waals surface area contributed by atoms with Crippen LogP contribution < -0.4 is 5.32 Å². The number of carbonyl (C=O) groups is 2. The molecule has 0 spiro atoms. The van der Waals surface area contributed by atoms with E-state index in [0.717, 1.165) is 15.2 Å². The van der Waals surface area contributed by atoms with Crippen molar-refractivity contribution in [3.05, 3.63) is 59.1 Å². The van der Waals surface area contributed by atoms with Crippen LogP contribution >= 0.6 is 11.3 Å². The van der Waals surface area contributed by atoms with Gasteiger partial charge >= 0.3 is 5.97 Å². The van der Waals surface area contributed by atoms with Crippen LogP contribution in [0.3, 0.4) is 0 Å². The van der Waals surface area contributed by atoms with Gasteiger partial charge in [-0.3, -0.25) is 4.79 Å². The van der Waals surface area contributed by atoms with Crippen molar-refractivity contribution in [3.8, 4) is 6.07 Å². The fourth-order valence-corrected chi connectivity index (χ4v) is 3.30. The number of aromatic nitrogens is 1. The van der Waals surface area contributed by atoms with E-state index < -0.39 is 18.0 Å². The van der Waals surface area contributed by atoms with E-state index in [1.165, 1.54) is 24.3 Å². The maximum Gasteiger partial charge on any atom is 0.332 e. The highest BCUT2D eigenvalue weighted by atomic mass is 32.1. The van der Waals surface area contributed by atoms with Gasteiger partial charge in [0.15, 0.2) is 6.10 Å². The van der Waals surface area contributed by atoms with E-state index in [1.807, 2.05) is 30.3 Å². The van der Waals surface area contributed by atoms with Crippen LogP contribution in [-0.2, 0) is 25.7 Å². The minimum absolute atomic E-state index is 0.190. The molecule has 1 heterocycles. The normalized spacial score (nSPS) is 11.6. The number of nitrogens with one attached hydrogen (secondary N) is 1. The number of nitriles is 1. The monoisotopic (exact) mass is 395 g/mol. The molecule has 0 saturated carbocycles. The molecule has 2 aromatic carbocycles. The first-order chi connectivity index (χ1) is 13.5. The maximum absolute atomic E-state index is 12.1. The summed E-state index contributed by atoms with van der Waals surface area (Å²) in [5, 5.41) is 12.2. The van der Waals surface area contributed by atoms with Crippen LogP contribution in [0.1, 0.15) is 17.5 Å². The lowest BCUT2D eigenvalue weighted by atomic mass is 10.2. The summed E-state index contributed by atoms with van der Waals surface area (Å²) in [6.07, 6.45) is -0.996. The summed E-state index contributed by atoms with van der Waals surface area (Å²) in [5.41, 5.74) is 1.77. The Hall–Kier alpha value is -3.28. The largest absolute Gasteiger partial charge is 0.451 e. The highest BCUT2D eigenvalue weighted by Crippen LogP contribution is 2.21. The molecule has 0 saturated heterocycles. The van der Waals surface area contributed by atoms with Gasteiger partial charge in [-0.15, -0.1) is 11.3 Å². The van der Waals surface area contributed by atoms with E-state index in [-0.39, 0.29) is 13.2 Å². The summed E-state index contributed by atoms with van der Waals surface area (Å²) in [7, 11) is 0. The van der Waals surface area contributed by atoms with Gasteiger partial charge < -0.3 is 14.8 Å². The minimum atomic E-state index is -0.996. The second kappa shape index (κ2) is 9.08. The molecule has 28 heavy (non-hydrogen) atoms. The van der Waals surface area contributed by atoms with Gasteiger partial charge in [-0.2, -0.15) is 5.26 Å². The van der Waals surface area contributed by atoms with E-state index in [0.29, 0.717) is 11.3 Å². The molecule has 0 aliphatic carbocycles. The molecule has 1 N–H and O–H groups in total. The Morgan fingerprint density at radius 3 is 2.86 bits per heavy atom. The first kappa shape index (κ1) is 19.5. The van der Waals surface area contributed by atoms with Crippen LogP contribution in [0.4, 0.5) is 5.69 Å². The van der Waals surface area contributed by atoms with Gasteiger partial charge in [0, 0.05) is 5.69 Å². The topological polar surface area (TPSA) is 101 Å². The van der Waals surface area contributed by atoms with Gasteiger partial charge in [-0.05, 0) is 37.3 Å². The molecule has 3 aromatic rings. The fraction of sp³-hybridized carbons (Fsp3) is 0.200. The van der Waals surface area contributed by atoms with Crippen LogP contribution in [0.5, 0.6) is 0 Å². The first-order valence-electron chi connectivity index (χ1n) is 8.48. The molecule has 0 fully saturated rings. The number of ether oxygens (including phenoxy) is 2. The predicted octanol–water partition coefficient (Wildman–Crippen LogP) is 3.25. The van der Waals surface area contributed by atoms with E-state index in [9.17, 15) is 9.59 Å². The summed E-state index contributed by atoms with van der Waals surface area (Å²) in [6.45, 7) is 1.38. The number of anilines is 1. The van der Waals surface area contributed by atoms with Crippen molar-refractivity contribution in [2.75, 3.05) is 11.9 Å². The van der Waals surface area contributed by atoms with Crippen LogP contribution in [-0.4, -0.2) is 29.6 Å². The lowest BCUT2D eigenvalue weighted by Gasteiger charge is -2.13. The van der Waals surface area contributed by atoms with Crippen molar-refractivity contribution in [2.45, 2.75) is 19.6 Å². The Morgan fingerprint density at radius 1 is 1.25 bits per heavy atom. The van der Waals surface area contributed by atoms with Crippen molar-refractivity contribution in [1.82, 2.24) is 4.98 Å². The Balaban J connectivity index is 1.44. The van der Waals surface area contributed by atoms with Crippen molar-refractivity contribution in [2.24, 2.45) is 0 Å². The lowest BCUT2D eigenvalue weighted by molar-refractivity contribution is -0.157. The molecule has 0 unspecified atom stereocenters. The SMILES string of the molecule is C[C@H](OC(=O)COCc1nc2ccccc2s1)C(=O)Nc1cccc(C#N)c1. The predicted molar refractivity (Wildman–Crippen MR) is 105 cm³/mol. The third kappa shape index (κ3) is 5.13. The van der Waals surface area contributed by atoms with Crippen molar-refractivity contribution in [1.29, 1.82) is 5.26 Å². The van der Waals surface area contributed by atoms with Crippen molar-refractivity contribution < 1.29 is 19.1 Å². The standard InChI is InChI=1S/C20H17N3O4S/c1-13(20(25)22-15-6-4-5-14(9-15)10-21)27-19(24)12-26-11-18-23-16-7-2-3-8-17(16)28-18/h2-9,13H,11-12H2,1H3,(H,22,25)/t13-/m0/s1. The second-order valence-corrected chi connectivity index (χ2v) is 7.00. The summed E-state index contributed by atoms with van der Waals surface area (Å²) < 4.78 is 11.5. The van der Waals surface area contributed by atoms with E-state index in [2.05, 4.69) is 10.3 Å². The lowest BCUT2D eigenvalue weighted by Crippen LogP contribution is -2.31. The quantitative estimate of drug-likeness (QED) is 0.616. The molecule has 1 aromatic heterocycles. The van der Waals surface area contributed by atoms with Gasteiger partial charge in [-0.25, -0.2) is 9.78 Å². The number of rotatable bonds is 7. The Kier molecular flexibility index (Phi) is 6.32. The zero-order chi connectivity index (χ0) is 19.9. The number of nitrogens with zero attached hydrogens (tertiary/aromatic N) is 2. The number of esters is 1. The summed E-state index contributed by atoms with van der Waals surface area (Å²) >= 11 is 1.50. The molecular weight excluding hydrogens is 378 g/mol. The van der Waals surface area contributed by atoms with E-state index in [1.54, 1.807) is 18.2 Å².